The lowest BCUT2D eigenvalue weighted by Gasteiger charge is -2.27. The van der Waals surface area contributed by atoms with Crippen LogP contribution in [0.4, 0.5) is 5.69 Å². The highest BCUT2D eigenvalue weighted by Crippen LogP contribution is 2.28. The third kappa shape index (κ3) is 3.96. The molecule has 0 saturated heterocycles. The molecule has 0 radical (unpaired) electrons. The number of nitrogens with zero attached hydrogens (tertiary/aromatic N) is 3. The number of amides is 2. The summed E-state index contributed by atoms with van der Waals surface area (Å²) in [5.74, 6) is -0.348. The molecule has 30 heavy (non-hydrogen) atoms. The van der Waals surface area contributed by atoms with Crippen molar-refractivity contribution in [1.29, 1.82) is 0 Å². The fourth-order valence-corrected chi connectivity index (χ4v) is 3.78. The molecule has 0 aliphatic carbocycles. The van der Waals surface area contributed by atoms with E-state index in [1.807, 2.05) is 68.4 Å². The molecular weight excluding hydrogens is 374 g/mol. The summed E-state index contributed by atoms with van der Waals surface area (Å²) in [5.41, 5.74) is 3.72. The molecule has 0 spiro atoms. The van der Waals surface area contributed by atoms with Gasteiger partial charge in [-0.15, -0.1) is 0 Å². The van der Waals surface area contributed by atoms with E-state index >= 15 is 0 Å². The third-order valence-corrected chi connectivity index (χ3v) is 5.40. The second-order valence-electron chi connectivity index (χ2n) is 7.76. The summed E-state index contributed by atoms with van der Waals surface area (Å²) < 4.78 is 0. The summed E-state index contributed by atoms with van der Waals surface area (Å²) in [7, 11) is 0. The standard InChI is InChI=1S/C25H25N3O2/c1-18(2)28(17-19-9-4-3-5-10-19)25(30)22-13-8-12-21(26-22)24(29)27-16-15-20-11-6-7-14-23(20)27/h3-14,18H,15-17H2,1-2H3. The highest BCUT2D eigenvalue weighted by molar-refractivity contribution is 6.06. The van der Waals surface area contributed by atoms with Gasteiger partial charge >= 0.3 is 0 Å². The second-order valence-corrected chi connectivity index (χ2v) is 7.76. The molecule has 2 heterocycles. The van der Waals surface area contributed by atoms with Gasteiger partial charge in [-0.3, -0.25) is 9.59 Å². The Kier molecular flexibility index (Phi) is 5.61. The van der Waals surface area contributed by atoms with Crippen molar-refractivity contribution in [3.05, 3.63) is 95.3 Å². The van der Waals surface area contributed by atoms with E-state index in [1.54, 1.807) is 28.0 Å². The fraction of sp³-hybridized carbons (Fsp3) is 0.240. The van der Waals surface area contributed by atoms with E-state index in [0.29, 0.717) is 18.8 Å². The lowest BCUT2D eigenvalue weighted by atomic mass is 10.1. The normalized spacial score (nSPS) is 12.7. The average Bonchev–Trinajstić information content (AvgIpc) is 3.21. The summed E-state index contributed by atoms with van der Waals surface area (Å²) in [4.78, 5) is 34.3. The third-order valence-electron chi connectivity index (χ3n) is 5.40. The molecule has 1 aliphatic rings. The van der Waals surface area contributed by atoms with Gasteiger partial charge in [0.25, 0.3) is 11.8 Å². The van der Waals surface area contributed by atoms with Crippen LogP contribution in [0.2, 0.25) is 0 Å². The van der Waals surface area contributed by atoms with Crippen molar-refractivity contribution in [1.82, 2.24) is 9.88 Å². The van der Waals surface area contributed by atoms with Crippen LogP contribution in [0.5, 0.6) is 0 Å². The lowest BCUT2D eigenvalue weighted by Crippen LogP contribution is -2.37. The van der Waals surface area contributed by atoms with E-state index < -0.39 is 0 Å². The van der Waals surface area contributed by atoms with Gasteiger partial charge in [0, 0.05) is 24.8 Å². The van der Waals surface area contributed by atoms with Crippen LogP contribution in [0, 0.1) is 0 Å². The minimum Gasteiger partial charge on any atom is -0.331 e. The second kappa shape index (κ2) is 8.49. The highest BCUT2D eigenvalue weighted by atomic mass is 16.2. The molecule has 0 atom stereocenters. The van der Waals surface area contributed by atoms with Gasteiger partial charge in [-0.05, 0) is 49.6 Å². The van der Waals surface area contributed by atoms with Gasteiger partial charge in [-0.2, -0.15) is 0 Å². The van der Waals surface area contributed by atoms with Gasteiger partial charge in [-0.25, -0.2) is 4.98 Å². The van der Waals surface area contributed by atoms with Gasteiger partial charge in [0.15, 0.2) is 0 Å². The Morgan fingerprint density at radius 2 is 1.63 bits per heavy atom. The lowest BCUT2D eigenvalue weighted by molar-refractivity contribution is 0.0684. The number of hydrogen-bond acceptors (Lipinski definition) is 3. The van der Waals surface area contributed by atoms with E-state index in [0.717, 1.165) is 23.2 Å². The number of rotatable bonds is 5. The molecule has 2 aromatic carbocycles. The molecule has 1 aromatic heterocycles. The largest absolute Gasteiger partial charge is 0.331 e. The molecule has 2 amide bonds. The summed E-state index contributed by atoms with van der Waals surface area (Å²) >= 11 is 0. The van der Waals surface area contributed by atoms with E-state index in [2.05, 4.69) is 4.98 Å². The number of carbonyl (C=O) groups is 2. The van der Waals surface area contributed by atoms with Gasteiger partial charge in [0.2, 0.25) is 0 Å². The quantitative estimate of drug-likeness (QED) is 0.641. The van der Waals surface area contributed by atoms with Crippen LogP contribution in [0.1, 0.15) is 46.0 Å². The predicted molar refractivity (Wildman–Crippen MR) is 118 cm³/mol. The summed E-state index contributed by atoms with van der Waals surface area (Å²) in [6.45, 7) is 5.09. The van der Waals surface area contributed by atoms with Crippen LogP contribution in [-0.4, -0.2) is 34.3 Å². The Hall–Kier alpha value is -3.47. The van der Waals surface area contributed by atoms with Crippen LogP contribution in [0.25, 0.3) is 0 Å². The molecule has 3 aromatic rings. The number of benzene rings is 2. The Bertz CT molecular complexity index is 1060. The predicted octanol–water partition coefficient (Wildman–Crippen LogP) is 4.34. The number of carbonyl (C=O) groups excluding carboxylic acids is 2. The van der Waals surface area contributed by atoms with Crippen LogP contribution in [-0.2, 0) is 13.0 Å². The highest BCUT2D eigenvalue weighted by Gasteiger charge is 2.27. The Labute approximate surface area is 177 Å². The Balaban J connectivity index is 1.58. The molecule has 4 rings (SSSR count). The Morgan fingerprint density at radius 3 is 2.40 bits per heavy atom. The molecule has 152 valence electrons. The molecule has 0 unspecified atom stereocenters. The molecule has 0 N–H and O–H groups in total. The molecule has 5 nitrogen and oxygen atoms in total. The van der Waals surface area contributed by atoms with Crippen molar-refractivity contribution in [3.63, 3.8) is 0 Å². The van der Waals surface area contributed by atoms with Crippen molar-refractivity contribution in [3.8, 4) is 0 Å². The number of pyridine rings is 1. The van der Waals surface area contributed by atoms with E-state index in [-0.39, 0.29) is 23.6 Å². The smallest absolute Gasteiger partial charge is 0.276 e. The number of hydrogen-bond donors (Lipinski definition) is 0. The van der Waals surface area contributed by atoms with E-state index in [1.165, 1.54) is 0 Å². The van der Waals surface area contributed by atoms with Crippen LogP contribution in [0.15, 0.2) is 72.8 Å². The number of fused-ring (bicyclic) bond motifs is 1. The number of anilines is 1. The molecule has 0 bridgehead atoms. The zero-order chi connectivity index (χ0) is 21.1. The monoisotopic (exact) mass is 399 g/mol. The van der Waals surface area contributed by atoms with Gasteiger partial charge in [0.1, 0.15) is 11.4 Å². The SMILES string of the molecule is CC(C)N(Cc1ccccc1)C(=O)c1cccc(C(=O)N2CCc3ccccc32)n1. The van der Waals surface area contributed by atoms with Crippen molar-refractivity contribution in [2.24, 2.45) is 0 Å². The summed E-state index contributed by atoms with van der Waals surface area (Å²) in [5, 5.41) is 0. The van der Waals surface area contributed by atoms with Crippen LogP contribution >= 0.6 is 0 Å². The molecule has 5 heteroatoms. The molecule has 0 fully saturated rings. The van der Waals surface area contributed by atoms with Gasteiger partial charge in [-0.1, -0.05) is 54.6 Å². The summed E-state index contributed by atoms with van der Waals surface area (Å²) in [6.07, 6.45) is 0.832. The van der Waals surface area contributed by atoms with Crippen LogP contribution < -0.4 is 4.90 Å². The van der Waals surface area contributed by atoms with Crippen molar-refractivity contribution >= 4 is 17.5 Å². The van der Waals surface area contributed by atoms with Crippen LogP contribution in [0.3, 0.4) is 0 Å². The van der Waals surface area contributed by atoms with E-state index in [9.17, 15) is 9.59 Å². The maximum atomic E-state index is 13.2. The first-order valence-electron chi connectivity index (χ1n) is 10.3. The molecule has 0 saturated carbocycles. The molecule has 1 aliphatic heterocycles. The Morgan fingerprint density at radius 1 is 0.933 bits per heavy atom. The minimum atomic E-state index is -0.176. The first-order chi connectivity index (χ1) is 14.5. The number of aromatic nitrogens is 1. The number of para-hydroxylation sites is 1. The summed E-state index contributed by atoms with van der Waals surface area (Å²) in [6, 6.07) is 22.9. The fourth-order valence-electron chi connectivity index (χ4n) is 3.78. The van der Waals surface area contributed by atoms with E-state index in [4.69, 9.17) is 0 Å². The first kappa shape index (κ1) is 19.8. The average molecular weight is 399 g/mol. The van der Waals surface area contributed by atoms with Gasteiger partial charge in [0.05, 0.1) is 0 Å². The first-order valence-corrected chi connectivity index (χ1v) is 10.3. The van der Waals surface area contributed by atoms with Crippen molar-refractivity contribution < 1.29 is 9.59 Å². The van der Waals surface area contributed by atoms with Crippen molar-refractivity contribution in [2.75, 3.05) is 11.4 Å². The zero-order valence-corrected chi connectivity index (χ0v) is 17.3. The molecular formula is C25H25N3O2. The van der Waals surface area contributed by atoms with Crippen molar-refractivity contribution in [2.45, 2.75) is 32.9 Å². The maximum absolute atomic E-state index is 13.2. The maximum Gasteiger partial charge on any atom is 0.276 e. The topological polar surface area (TPSA) is 53.5 Å². The minimum absolute atomic E-state index is 0.00400. The van der Waals surface area contributed by atoms with Gasteiger partial charge < -0.3 is 9.80 Å². The zero-order valence-electron chi connectivity index (χ0n) is 17.3.